The van der Waals surface area contributed by atoms with Crippen molar-refractivity contribution in [2.24, 2.45) is 11.1 Å². The van der Waals surface area contributed by atoms with Gasteiger partial charge in [0, 0.05) is 6.54 Å². The van der Waals surface area contributed by atoms with Crippen molar-refractivity contribution in [3.05, 3.63) is 29.8 Å². The highest BCUT2D eigenvalue weighted by Gasteiger charge is 2.37. The van der Waals surface area contributed by atoms with Crippen LogP contribution in [0.4, 0.5) is 5.69 Å². The summed E-state index contributed by atoms with van der Waals surface area (Å²) < 4.78 is 0. The van der Waals surface area contributed by atoms with E-state index >= 15 is 0 Å². The van der Waals surface area contributed by atoms with Gasteiger partial charge >= 0.3 is 5.97 Å². The number of carboxylic acid groups (broad SMARTS) is 1. The van der Waals surface area contributed by atoms with Crippen molar-refractivity contribution in [2.75, 3.05) is 11.9 Å². The van der Waals surface area contributed by atoms with Crippen LogP contribution in [0.15, 0.2) is 24.3 Å². The Kier molecular flexibility index (Phi) is 4.96. The lowest BCUT2D eigenvalue weighted by atomic mass is 9.79. The summed E-state index contributed by atoms with van der Waals surface area (Å²) >= 11 is 0. The molecule has 1 amide bonds. The third kappa shape index (κ3) is 3.42. The summed E-state index contributed by atoms with van der Waals surface area (Å²) in [5, 5.41) is 12.0. The number of carbonyl (C=O) groups is 2. The minimum Gasteiger partial charge on any atom is -0.478 e. The van der Waals surface area contributed by atoms with Gasteiger partial charge < -0.3 is 16.2 Å². The molecule has 1 aliphatic rings. The molecule has 0 atom stereocenters. The van der Waals surface area contributed by atoms with Gasteiger partial charge in [-0.2, -0.15) is 0 Å². The maximum Gasteiger partial charge on any atom is 0.337 e. The molecule has 114 valence electrons. The van der Waals surface area contributed by atoms with Gasteiger partial charge in [0.25, 0.3) is 0 Å². The Labute approximate surface area is 124 Å². The van der Waals surface area contributed by atoms with Crippen LogP contribution >= 0.6 is 0 Å². The standard InChI is InChI=1S/C16H22N2O3/c17-11-16(9-5-1-2-6-10-16)15(21)18-13-8-4-3-7-12(13)14(19)20/h3-4,7-8H,1-2,5-6,9-11,17H2,(H,18,21)(H,19,20). The molecule has 0 radical (unpaired) electrons. The molecule has 21 heavy (non-hydrogen) atoms. The summed E-state index contributed by atoms with van der Waals surface area (Å²) in [7, 11) is 0. The minimum absolute atomic E-state index is 0.103. The van der Waals surface area contributed by atoms with E-state index in [1.165, 1.54) is 6.07 Å². The van der Waals surface area contributed by atoms with Gasteiger partial charge in [0.2, 0.25) is 5.91 Å². The zero-order valence-electron chi connectivity index (χ0n) is 12.1. The van der Waals surface area contributed by atoms with E-state index in [2.05, 4.69) is 5.32 Å². The third-order valence-corrected chi connectivity index (χ3v) is 4.34. The molecule has 1 aromatic carbocycles. The molecule has 5 nitrogen and oxygen atoms in total. The molecule has 5 heteroatoms. The van der Waals surface area contributed by atoms with Gasteiger partial charge in [-0.15, -0.1) is 0 Å². The van der Waals surface area contributed by atoms with Crippen LogP contribution in [0.2, 0.25) is 0 Å². The van der Waals surface area contributed by atoms with Crippen molar-refractivity contribution in [1.29, 1.82) is 0 Å². The lowest BCUT2D eigenvalue weighted by molar-refractivity contribution is -0.125. The molecule has 0 saturated heterocycles. The molecule has 4 N–H and O–H groups in total. The van der Waals surface area contributed by atoms with Gasteiger partial charge in [0.15, 0.2) is 0 Å². The topological polar surface area (TPSA) is 92.4 Å². The Hall–Kier alpha value is -1.88. The van der Waals surface area contributed by atoms with E-state index in [-0.39, 0.29) is 11.5 Å². The van der Waals surface area contributed by atoms with E-state index in [0.717, 1.165) is 38.5 Å². The largest absolute Gasteiger partial charge is 0.478 e. The fourth-order valence-electron chi connectivity index (χ4n) is 2.96. The molecule has 1 fully saturated rings. The van der Waals surface area contributed by atoms with Gasteiger partial charge in [0.05, 0.1) is 16.7 Å². The van der Waals surface area contributed by atoms with Crippen molar-refractivity contribution < 1.29 is 14.7 Å². The molecule has 0 aliphatic heterocycles. The Morgan fingerprint density at radius 2 is 1.76 bits per heavy atom. The highest BCUT2D eigenvalue weighted by Crippen LogP contribution is 2.35. The first-order valence-electron chi connectivity index (χ1n) is 7.43. The minimum atomic E-state index is -1.05. The highest BCUT2D eigenvalue weighted by atomic mass is 16.4. The molecule has 0 unspecified atom stereocenters. The molecule has 0 aromatic heterocycles. The number of carbonyl (C=O) groups excluding carboxylic acids is 1. The first-order valence-corrected chi connectivity index (χ1v) is 7.43. The molecule has 1 aromatic rings. The van der Waals surface area contributed by atoms with E-state index in [0.29, 0.717) is 12.2 Å². The Balaban J connectivity index is 2.21. The average Bonchev–Trinajstić information content (AvgIpc) is 2.74. The SMILES string of the molecule is NCC1(C(=O)Nc2ccccc2C(=O)O)CCCCCC1. The summed E-state index contributed by atoms with van der Waals surface area (Å²) in [6.45, 7) is 0.300. The smallest absolute Gasteiger partial charge is 0.337 e. The van der Waals surface area contributed by atoms with Crippen molar-refractivity contribution in [3.63, 3.8) is 0 Å². The molecular weight excluding hydrogens is 268 g/mol. The highest BCUT2D eigenvalue weighted by molar-refractivity contribution is 6.02. The summed E-state index contributed by atoms with van der Waals surface area (Å²) in [6.07, 6.45) is 5.77. The van der Waals surface area contributed by atoms with Crippen LogP contribution in [0.25, 0.3) is 0 Å². The second-order valence-corrected chi connectivity index (χ2v) is 5.70. The molecule has 0 heterocycles. The average molecular weight is 290 g/mol. The summed E-state index contributed by atoms with van der Waals surface area (Å²) in [5.74, 6) is -1.20. The van der Waals surface area contributed by atoms with Crippen LogP contribution in [0, 0.1) is 5.41 Å². The monoisotopic (exact) mass is 290 g/mol. The molecular formula is C16H22N2O3. The van der Waals surface area contributed by atoms with E-state index in [9.17, 15) is 14.7 Å². The maximum absolute atomic E-state index is 12.7. The van der Waals surface area contributed by atoms with Crippen molar-refractivity contribution in [1.82, 2.24) is 0 Å². The Morgan fingerprint density at radius 1 is 1.14 bits per heavy atom. The van der Waals surface area contributed by atoms with Crippen molar-refractivity contribution >= 4 is 17.6 Å². The lowest BCUT2D eigenvalue weighted by Crippen LogP contribution is -2.42. The molecule has 1 saturated carbocycles. The normalized spacial score (nSPS) is 17.8. The zero-order valence-corrected chi connectivity index (χ0v) is 12.1. The quantitative estimate of drug-likeness (QED) is 0.743. The first-order chi connectivity index (χ1) is 10.1. The number of aromatic carboxylic acids is 1. The summed E-state index contributed by atoms with van der Waals surface area (Å²) in [5.41, 5.74) is 5.76. The number of anilines is 1. The number of carboxylic acids is 1. The Bertz CT molecular complexity index is 520. The number of benzene rings is 1. The van der Waals surface area contributed by atoms with Gasteiger partial charge in [-0.25, -0.2) is 4.79 Å². The van der Waals surface area contributed by atoms with E-state index in [4.69, 9.17) is 5.73 Å². The zero-order chi connectivity index (χ0) is 15.3. The second kappa shape index (κ2) is 6.72. The molecule has 2 rings (SSSR count). The predicted octanol–water partition coefficient (Wildman–Crippen LogP) is 2.62. The number of hydrogen-bond acceptors (Lipinski definition) is 3. The number of rotatable bonds is 4. The van der Waals surface area contributed by atoms with Crippen LogP contribution in [-0.2, 0) is 4.79 Å². The van der Waals surface area contributed by atoms with Gasteiger partial charge in [-0.1, -0.05) is 37.8 Å². The van der Waals surface area contributed by atoms with Gasteiger partial charge in [-0.3, -0.25) is 4.79 Å². The molecule has 0 bridgehead atoms. The molecule has 1 aliphatic carbocycles. The van der Waals surface area contributed by atoms with Crippen LogP contribution in [0.1, 0.15) is 48.9 Å². The number of nitrogens with one attached hydrogen (secondary N) is 1. The van der Waals surface area contributed by atoms with Gasteiger partial charge in [-0.05, 0) is 25.0 Å². The fraction of sp³-hybridized carbons (Fsp3) is 0.500. The number of amides is 1. The van der Waals surface area contributed by atoms with Gasteiger partial charge in [0.1, 0.15) is 0 Å². The molecule has 0 spiro atoms. The van der Waals surface area contributed by atoms with Crippen LogP contribution < -0.4 is 11.1 Å². The number of hydrogen-bond donors (Lipinski definition) is 3. The fourth-order valence-corrected chi connectivity index (χ4v) is 2.96. The third-order valence-electron chi connectivity index (χ3n) is 4.34. The van der Waals surface area contributed by atoms with E-state index in [1.54, 1.807) is 18.2 Å². The number of nitrogens with two attached hydrogens (primary N) is 1. The first kappa shape index (κ1) is 15.5. The summed E-state index contributed by atoms with van der Waals surface area (Å²) in [4.78, 5) is 23.9. The second-order valence-electron chi connectivity index (χ2n) is 5.70. The summed E-state index contributed by atoms with van der Waals surface area (Å²) in [6, 6.07) is 6.45. The van der Waals surface area contributed by atoms with Crippen molar-refractivity contribution in [2.45, 2.75) is 38.5 Å². The van der Waals surface area contributed by atoms with Crippen LogP contribution in [0.5, 0.6) is 0 Å². The van der Waals surface area contributed by atoms with Crippen LogP contribution in [0.3, 0.4) is 0 Å². The lowest BCUT2D eigenvalue weighted by Gasteiger charge is -2.30. The van der Waals surface area contributed by atoms with Crippen molar-refractivity contribution in [3.8, 4) is 0 Å². The number of para-hydroxylation sites is 1. The van der Waals surface area contributed by atoms with E-state index < -0.39 is 11.4 Å². The predicted molar refractivity (Wildman–Crippen MR) is 81.2 cm³/mol. The Morgan fingerprint density at radius 3 is 2.33 bits per heavy atom. The maximum atomic E-state index is 12.7. The van der Waals surface area contributed by atoms with Crippen LogP contribution in [-0.4, -0.2) is 23.5 Å². The van der Waals surface area contributed by atoms with E-state index in [1.807, 2.05) is 0 Å².